The Kier molecular flexibility index (Phi) is 4.68. The van der Waals surface area contributed by atoms with Gasteiger partial charge in [-0.3, -0.25) is 4.79 Å². The van der Waals surface area contributed by atoms with E-state index in [1.54, 1.807) is 4.90 Å². The number of para-hydroxylation sites is 1. The molecule has 1 aliphatic heterocycles. The van der Waals surface area contributed by atoms with Gasteiger partial charge in [0.1, 0.15) is 17.8 Å². The van der Waals surface area contributed by atoms with E-state index >= 15 is 0 Å². The molecule has 0 saturated heterocycles. The minimum Gasteiger partial charge on any atom is -0.338 e. The summed E-state index contributed by atoms with van der Waals surface area (Å²) < 4.78 is 40.3. The van der Waals surface area contributed by atoms with Gasteiger partial charge in [0.2, 0.25) is 0 Å². The Morgan fingerprint density at radius 1 is 1.04 bits per heavy atom. The van der Waals surface area contributed by atoms with Gasteiger partial charge in [-0.2, -0.15) is 0 Å². The highest BCUT2D eigenvalue weighted by Crippen LogP contribution is 2.28. The molecule has 1 N–H and O–H groups in total. The molecule has 8 heteroatoms. The summed E-state index contributed by atoms with van der Waals surface area (Å²) in [5.41, 5.74) is 1.73. The van der Waals surface area contributed by atoms with E-state index in [4.69, 9.17) is 0 Å². The van der Waals surface area contributed by atoms with Crippen LogP contribution in [-0.2, 0) is 6.42 Å². The smallest absolute Gasteiger partial charge is 0.277 e. The number of benzene rings is 2. The summed E-state index contributed by atoms with van der Waals surface area (Å²) in [4.78, 5) is 22.5. The predicted octanol–water partition coefficient (Wildman–Crippen LogP) is 4.23. The number of carbonyl (C=O) groups excluding carboxylic acids is 1. The molecular weight excluding hydrogens is 369 g/mol. The molecule has 1 amide bonds. The Morgan fingerprint density at radius 2 is 1.86 bits per heavy atom. The molecule has 1 aliphatic rings. The van der Waals surface area contributed by atoms with E-state index in [0.717, 1.165) is 42.6 Å². The lowest BCUT2D eigenvalue weighted by Gasteiger charge is -2.29. The van der Waals surface area contributed by atoms with Crippen LogP contribution in [0.15, 0.2) is 48.8 Å². The summed E-state index contributed by atoms with van der Waals surface area (Å²) in [6.45, 7) is 0.556. The summed E-state index contributed by atoms with van der Waals surface area (Å²) >= 11 is 0. The third kappa shape index (κ3) is 3.28. The number of amides is 1. The molecule has 1 aromatic heterocycles. The second kappa shape index (κ2) is 7.30. The van der Waals surface area contributed by atoms with Crippen molar-refractivity contribution >= 4 is 23.1 Å². The fraction of sp³-hybridized carbons (Fsp3) is 0.150. The maximum absolute atomic E-state index is 13.9. The van der Waals surface area contributed by atoms with E-state index in [9.17, 15) is 18.0 Å². The van der Waals surface area contributed by atoms with E-state index in [0.29, 0.717) is 6.54 Å². The summed E-state index contributed by atoms with van der Waals surface area (Å²) in [5, 5.41) is 2.55. The van der Waals surface area contributed by atoms with Crippen molar-refractivity contribution in [2.75, 3.05) is 16.8 Å². The average molecular weight is 384 g/mol. The van der Waals surface area contributed by atoms with Gasteiger partial charge < -0.3 is 10.2 Å². The van der Waals surface area contributed by atoms with Crippen molar-refractivity contribution in [3.8, 4) is 0 Å². The zero-order valence-corrected chi connectivity index (χ0v) is 14.6. The van der Waals surface area contributed by atoms with Crippen molar-refractivity contribution in [2.24, 2.45) is 0 Å². The summed E-state index contributed by atoms with van der Waals surface area (Å²) in [6, 6.07) is 10.9. The van der Waals surface area contributed by atoms with Crippen molar-refractivity contribution in [2.45, 2.75) is 12.8 Å². The molecule has 4 rings (SSSR count). The Morgan fingerprint density at radius 3 is 2.71 bits per heavy atom. The van der Waals surface area contributed by atoms with Crippen LogP contribution >= 0.6 is 0 Å². The summed E-state index contributed by atoms with van der Waals surface area (Å²) in [7, 11) is 0. The van der Waals surface area contributed by atoms with Gasteiger partial charge in [0.05, 0.1) is 5.69 Å². The zero-order chi connectivity index (χ0) is 19.7. The van der Waals surface area contributed by atoms with Crippen LogP contribution < -0.4 is 10.2 Å². The van der Waals surface area contributed by atoms with Gasteiger partial charge >= 0.3 is 0 Å². The standard InChI is InChI=1S/C20H15F3N4O/c21-13-7-8-14(19(23)18(13)22)26-17-10-15(24-11-25-17)20(28)27-9-3-5-12-4-1-2-6-16(12)27/h1-2,4,6-8,10-11H,3,5,9H2,(H,24,25,26). The quantitative estimate of drug-likeness (QED) is 0.687. The number of nitrogens with zero attached hydrogens (tertiary/aromatic N) is 3. The molecule has 5 nitrogen and oxygen atoms in total. The maximum Gasteiger partial charge on any atom is 0.277 e. The first-order chi connectivity index (χ1) is 13.5. The molecule has 0 radical (unpaired) electrons. The lowest BCUT2D eigenvalue weighted by molar-refractivity contribution is 0.0980. The second-order valence-corrected chi connectivity index (χ2v) is 6.33. The highest BCUT2D eigenvalue weighted by atomic mass is 19.2. The van der Waals surface area contributed by atoms with Crippen LogP contribution in [0.2, 0.25) is 0 Å². The Hall–Kier alpha value is -3.42. The highest BCUT2D eigenvalue weighted by Gasteiger charge is 2.24. The topological polar surface area (TPSA) is 58.1 Å². The van der Waals surface area contributed by atoms with Crippen molar-refractivity contribution in [3.05, 3.63) is 77.5 Å². The van der Waals surface area contributed by atoms with E-state index < -0.39 is 17.5 Å². The molecule has 0 saturated carbocycles. The van der Waals surface area contributed by atoms with Crippen molar-refractivity contribution in [1.29, 1.82) is 0 Å². The number of halogens is 3. The monoisotopic (exact) mass is 384 g/mol. The normalized spacial score (nSPS) is 13.2. The fourth-order valence-corrected chi connectivity index (χ4v) is 3.19. The summed E-state index contributed by atoms with van der Waals surface area (Å²) in [5.74, 6) is -4.46. The van der Waals surface area contributed by atoms with Crippen LogP contribution in [0.4, 0.5) is 30.4 Å². The Labute approximate surface area is 158 Å². The SMILES string of the molecule is O=C(c1cc(Nc2ccc(F)c(F)c2F)ncn1)N1CCCc2ccccc21. The van der Waals surface area contributed by atoms with Crippen LogP contribution in [0.5, 0.6) is 0 Å². The van der Waals surface area contributed by atoms with Crippen LogP contribution in [0.25, 0.3) is 0 Å². The molecule has 2 aromatic carbocycles. The first-order valence-electron chi connectivity index (χ1n) is 8.67. The third-order valence-corrected chi connectivity index (χ3v) is 4.54. The van der Waals surface area contributed by atoms with Crippen LogP contribution in [0.3, 0.4) is 0 Å². The van der Waals surface area contributed by atoms with Crippen LogP contribution in [0.1, 0.15) is 22.5 Å². The molecular formula is C20H15F3N4O. The van der Waals surface area contributed by atoms with Crippen molar-refractivity contribution in [1.82, 2.24) is 9.97 Å². The maximum atomic E-state index is 13.9. The number of nitrogens with one attached hydrogen (secondary N) is 1. The fourth-order valence-electron chi connectivity index (χ4n) is 3.19. The average Bonchev–Trinajstić information content (AvgIpc) is 2.73. The van der Waals surface area contributed by atoms with Gasteiger partial charge in [-0.05, 0) is 36.6 Å². The Balaban J connectivity index is 1.61. The number of carbonyl (C=O) groups is 1. The van der Waals surface area contributed by atoms with Gasteiger partial charge in [-0.25, -0.2) is 23.1 Å². The van der Waals surface area contributed by atoms with Crippen molar-refractivity contribution < 1.29 is 18.0 Å². The number of rotatable bonds is 3. The van der Waals surface area contributed by atoms with E-state index in [1.807, 2.05) is 24.3 Å². The molecule has 0 fully saturated rings. The number of anilines is 3. The largest absolute Gasteiger partial charge is 0.338 e. The third-order valence-electron chi connectivity index (χ3n) is 4.54. The van der Waals surface area contributed by atoms with E-state index in [-0.39, 0.29) is 23.1 Å². The van der Waals surface area contributed by atoms with E-state index in [1.165, 1.54) is 6.07 Å². The summed E-state index contributed by atoms with van der Waals surface area (Å²) in [6.07, 6.45) is 2.88. The van der Waals surface area contributed by atoms with E-state index in [2.05, 4.69) is 15.3 Å². The minimum atomic E-state index is -1.58. The molecule has 3 aromatic rings. The molecule has 0 bridgehead atoms. The molecule has 2 heterocycles. The second-order valence-electron chi connectivity index (χ2n) is 6.33. The molecule has 0 aliphatic carbocycles. The number of hydrogen-bond donors (Lipinski definition) is 1. The first-order valence-corrected chi connectivity index (χ1v) is 8.67. The molecule has 0 spiro atoms. The molecule has 142 valence electrons. The number of aromatic nitrogens is 2. The first kappa shape index (κ1) is 18.0. The van der Waals surface area contributed by atoms with Crippen LogP contribution in [0, 0.1) is 17.5 Å². The molecule has 0 unspecified atom stereocenters. The zero-order valence-electron chi connectivity index (χ0n) is 14.6. The predicted molar refractivity (Wildman–Crippen MR) is 98.1 cm³/mol. The number of aryl methyl sites for hydroxylation is 1. The van der Waals surface area contributed by atoms with Gasteiger partial charge in [0, 0.05) is 18.3 Å². The van der Waals surface area contributed by atoms with Crippen LogP contribution in [-0.4, -0.2) is 22.4 Å². The minimum absolute atomic E-state index is 0.0913. The number of fused-ring (bicyclic) bond motifs is 1. The lowest BCUT2D eigenvalue weighted by Crippen LogP contribution is -2.36. The van der Waals surface area contributed by atoms with Gasteiger partial charge in [-0.1, -0.05) is 18.2 Å². The van der Waals surface area contributed by atoms with Gasteiger partial charge in [0.25, 0.3) is 5.91 Å². The Bertz CT molecular complexity index is 1060. The molecule has 0 atom stereocenters. The molecule has 28 heavy (non-hydrogen) atoms. The van der Waals surface area contributed by atoms with Crippen molar-refractivity contribution in [3.63, 3.8) is 0 Å². The lowest BCUT2D eigenvalue weighted by atomic mass is 10.0. The van der Waals surface area contributed by atoms with Gasteiger partial charge in [0.15, 0.2) is 17.5 Å². The number of hydrogen-bond acceptors (Lipinski definition) is 4. The highest BCUT2D eigenvalue weighted by molar-refractivity contribution is 6.05. The van der Waals surface area contributed by atoms with Gasteiger partial charge in [-0.15, -0.1) is 0 Å².